The second kappa shape index (κ2) is 23.5. The van der Waals surface area contributed by atoms with E-state index in [1.807, 2.05) is 90.1 Å². The number of carboxylic acids is 1. The smallest absolute Gasteiger partial charge is 0.328 e. The average Bonchev–Trinajstić information content (AvgIpc) is 3.17. The molecule has 0 spiro atoms. The number of carbonyl (C=O) groups is 6. The number of urea groups is 2. The van der Waals surface area contributed by atoms with Gasteiger partial charge in [-0.05, 0) is 97.2 Å². The minimum Gasteiger partial charge on any atom is -0.480 e. The van der Waals surface area contributed by atoms with Gasteiger partial charge in [0.1, 0.15) is 12.1 Å². The minimum absolute atomic E-state index is 0.0670. The van der Waals surface area contributed by atoms with E-state index in [9.17, 15) is 33.9 Å². The van der Waals surface area contributed by atoms with Crippen LogP contribution in [-0.4, -0.2) is 60.1 Å². The van der Waals surface area contributed by atoms with Crippen molar-refractivity contribution in [2.45, 2.75) is 79.3 Å². The topological polar surface area (TPSA) is 204 Å². The second-order valence-electron chi connectivity index (χ2n) is 14.9. The van der Waals surface area contributed by atoms with Gasteiger partial charge in [-0.1, -0.05) is 88.4 Å². The molecule has 7 N–H and O–H groups in total. The molecule has 14 nitrogen and oxygen atoms in total. The lowest BCUT2D eigenvalue weighted by Crippen LogP contribution is -2.43. The van der Waals surface area contributed by atoms with Gasteiger partial charge in [0, 0.05) is 22.7 Å². The summed E-state index contributed by atoms with van der Waals surface area (Å²) >= 11 is 0. The van der Waals surface area contributed by atoms with Crippen LogP contribution in [0.25, 0.3) is 0 Å². The van der Waals surface area contributed by atoms with E-state index >= 15 is 0 Å². The number of hydrogen-bond donors (Lipinski definition) is 7. The van der Waals surface area contributed by atoms with Gasteiger partial charge < -0.3 is 41.7 Å². The Kier molecular flexibility index (Phi) is 18.6. The number of benzene rings is 4. The highest BCUT2D eigenvalue weighted by atomic mass is 16.5. The van der Waals surface area contributed by atoms with Crippen molar-refractivity contribution >= 4 is 58.6 Å². The van der Waals surface area contributed by atoms with Crippen molar-refractivity contribution in [3.8, 4) is 0 Å². The predicted molar refractivity (Wildman–Crippen MR) is 230 cm³/mol. The van der Waals surface area contributed by atoms with Gasteiger partial charge in [-0.15, -0.1) is 0 Å². The van der Waals surface area contributed by atoms with Gasteiger partial charge in [0.05, 0.1) is 20.0 Å². The summed E-state index contributed by atoms with van der Waals surface area (Å²) in [6.45, 7) is 11.6. The van der Waals surface area contributed by atoms with E-state index < -0.39 is 24.0 Å². The van der Waals surface area contributed by atoms with Crippen molar-refractivity contribution in [1.82, 2.24) is 10.6 Å². The highest BCUT2D eigenvalue weighted by molar-refractivity contribution is 6.01. The van der Waals surface area contributed by atoms with Gasteiger partial charge in [-0.3, -0.25) is 9.59 Å². The largest absolute Gasteiger partial charge is 0.480 e. The van der Waals surface area contributed by atoms with Crippen LogP contribution in [0.4, 0.5) is 32.3 Å². The summed E-state index contributed by atoms with van der Waals surface area (Å²) in [6, 6.07) is 26.5. The summed E-state index contributed by atoms with van der Waals surface area (Å²) in [5, 5.41) is 25.6. The number of para-hydroxylation sites is 2. The predicted octanol–water partition coefficient (Wildman–Crippen LogP) is 7.68. The molecular formula is C45H56N6O8. The van der Waals surface area contributed by atoms with Crippen molar-refractivity contribution in [2.24, 2.45) is 11.8 Å². The monoisotopic (exact) mass is 808 g/mol. The fraction of sp³-hybridized carbons (Fsp3) is 0.333. The number of aryl methyl sites for hydroxylation is 2. The number of carboxylic acid groups (broad SMARTS) is 1. The van der Waals surface area contributed by atoms with E-state index in [0.717, 1.165) is 33.6 Å². The molecule has 0 aliphatic heterocycles. The minimum atomic E-state index is -1.04. The summed E-state index contributed by atoms with van der Waals surface area (Å²) in [5.41, 5.74) is 6.09. The standard InChI is InChI=1S/C23H29N3O4.C22H27N3O4/c1-15(2)13-20(22(28)30-4)25-21(27)14-17-9-11-18(12-10-17)24-23(29)26-19-8-6-5-7-16(19)3;1-14(2)12-19(21(27)28)24-20(26)13-16-8-10-17(11-9-16)23-22(29)25-18-7-5-4-6-15(18)3/h5-12,15,20H,13-14H2,1-4H3,(H,25,27)(H2,24,26,29);4-11,14,19H,12-13H2,1-3H3,(H,24,26)(H,27,28)(H2,23,25,29)/t20-;19-/m00/s1. The first-order valence-electron chi connectivity index (χ1n) is 19.4. The zero-order chi connectivity index (χ0) is 43.5. The van der Waals surface area contributed by atoms with Gasteiger partial charge in [-0.2, -0.15) is 0 Å². The van der Waals surface area contributed by atoms with E-state index in [0.29, 0.717) is 24.2 Å². The molecule has 0 aromatic heterocycles. The maximum Gasteiger partial charge on any atom is 0.328 e. The first kappa shape index (κ1) is 46.7. The Balaban J connectivity index is 0.000000316. The summed E-state index contributed by atoms with van der Waals surface area (Å²) in [5.74, 6) is -1.69. The average molecular weight is 809 g/mol. The highest BCUT2D eigenvalue weighted by Crippen LogP contribution is 2.17. The third-order valence-corrected chi connectivity index (χ3v) is 8.81. The molecule has 4 aromatic carbocycles. The normalized spacial score (nSPS) is 11.5. The molecule has 0 aliphatic carbocycles. The molecule has 0 radical (unpaired) electrons. The van der Waals surface area contributed by atoms with Crippen LogP contribution in [0.1, 0.15) is 62.8 Å². The Morgan fingerprint density at radius 1 is 0.542 bits per heavy atom. The SMILES string of the molecule is COC(=O)[C@H](CC(C)C)NC(=O)Cc1ccc(NC(=O)Nc2ccccc2C)cc1.Cc1ccccc1NC(=O)Nc1ccc(CC(=O)N[C@@H](CC(C)C)C(=O)O)cc1. The van der Waals surface area contributed by atoms with E-state index in [1.54, 1.807) is 48.5 Å². The third kappa shape index (κ3) is 17.1. The van der Waals surface area contributed by atoms with E-state index in [-0.39, 0.29) is 48.6 Å². The van der Waals surface area contributed by atoms with E-state index in [4.69, 9.17) is 4.74 Å². The fourth-order valence-corrected chi connectivity index (χ4v) is 5.79. The van der Waals surface area contributed by atoms with Crippen molar-refractivity contribution < 1.29 is 38.6 Å². The number of carbonyl (C=O) groups excluding carboxylic acids is 5. The van der Waals surface area contributed by atoms with Crippen LogP contribution in [0, 0.1) is 25.7 Å². The van der Waals surface area contributed by atoms with E-state index in [1.165, 1.54) is 7.11 Å². The van der Waals surface area contributed by atoms with Gasteiger partial charge >= 0.3 is 24.0 Å². The molecule has 2 atom stereocenters. The van der Waals surface area contributed by atoms with Crippen LogP contribution in [0.2, 0.25) is 0 Å². The van der Waals surface area contributed by atoms with Crippen LogP contribution in [0.15, 0.2) is 97.1 Å². The Hall–Kier alpha value is -6.70. The Morgan fingerprint density at radius 3 is 1.27 bits per heavy atom. The molecule has 0 fully saturated rings. The Bertz CT molecular complexity index is 2030. The van der Waals surface area contributed by atoms with Crippen LogP contribution in [0.5, 0.6) is 0 Å². The summed E-state index contributed by atoms with van der Waals surface area (Å²) < 4.78 is 4.77. The highest BCUT2D eigenvalue weighted by Gasteiger charge is 2.23. The van der Waals surface area contributed by atoms with Gasteiger partial charge in [0.15, 0.2) is 0 Å². The third-order valence-electron chi connectivity index (χ3n) is 8.81. The zero-order valence-electron chi connectivity index (χ0n) is 34.7. The van der Waals surface area contributed by atoms with E-state index in [2.05, 4.69) is 31.9 Å². The summed E-state index contributed by atoms with van der Waals surface area (Å²) in [4.78, 5) is 71.9. The van der Waals surface area contributed by atoms with Crippen LogP contribution in [0.3, 0.4) is 0 Å². The number of hydrogen-bond acceptors (Lipinski definition) is 7. The molecule has 0 saturated heterocycles. The molecule has 0 aliphatic rings. The first-order valence-corrected chi connectivity index (χ1v) is 19.4. The number of ether oxygens (including phenoxy) is 1. The maximum absolute atomic E-state index is 12.3. The molecule has 14 heteroatoms. The number of methoxy groups -OCH3 is 1. The Morgan fingerprint density at radius 2 is 0.915 bits per heavy atom. The summed E-state index contributed by atoms with van der Waals surface area (Å²) in [7, 11) is 1.31. The number of anilines is 4. The lowest BCUT2D eigenvalue weighted by molar-refractivity contribution is -0.145. The lowest BCUT2D eigenvalue weighted by Gasteiger charge is -2.18. The number of aliphatic carboxylic acids is 1. The molecule has 0 bridgehead atoms. The molecule has 314 valence electrons. The molecule has 0 saturated carbocycles. The van der Waals surface area contributed by atoms with Crippen molar-refractivity contribution in [3.63, 3.8) is 0 Å². The molecule has 0 unspecified atom stereocenters. The molecule has 59 heavy (non-hydrogen) atoms. The molecule has 6 amide bonds. The summed E-state index contributed by atoms with van der Waals surface area (Å²) in [6.07, 6.45) is 1.08. The number of amides is 6. The van der Waals surface area contributed by atoms with Crippen LogP contribution < -0.4 is 31.9 Å². The number of nitrogens with one attached hydrogen (secondary N) is 6. The van der Waals surface area contributed by atoms with Crippen molar-refractivity contribution in [1.29, 1.82) is 0 Å². The molecule has 0 heterocycles. The van der Waals surface area contributed by atoms with Crippen LogP contribution in [-0.2, 0) is 36.8 Å². The molecule has 4 rings (SSSR count). The van der Waals surface area contributed by atoms with Crippen LogP contribution >= 0.6 is 0 Å². The fourth-order valence-electron chi connectivity index (χ4n) is 5.79. The number of rotatable bonds is 16. The lowest BCUT2D eigenvalue weighted by atomic mass is 10.0. The molecular weight excluding hydrogens is 753 g/mol. The van der Waals surface area contributed by atoms with Gasteiger partial charge in [0.2, 0.25) is 11.8 Å². The number of esters is 1. The second-order valence-corrected chi connectivity index (χ2v) is 14.9. The quantitative estimate of drug-likeness (QED) is 0.0558. The van der Waals surface area contributed by atoms with Crippen molar-refractivity contribution in [3.05, 3.63) is 119 Å². The van der Waals surface area contributed by atoms with Gasteiger partial charge in [0.25, 0.3) is 0 Å². The van der Waals surface area contributed by atoms with Crippen molar-refractivity contribution in [2.75, 3.05) is 28.4 Å². The zero-order valence-corrected chi connectivity index (χ0v) is 34.7. The first-order chi connectivity index (χ1) is 28.0. The maximum atomic E-state index is 12.3. The molecule has 4 aromatic rings. The Labute approximate surface area is 345 Å². The van der Waals surface area contributed by atoms with Gasteiger partial charge in [-0.25, -0.2) is 19.2 Å².